The van der Waals surface area contributed by atoms with E-state index in [0.29, 0.717) is 5.56 Å². The van der Waals surface area contributed by atoms with Crippen LogP contribution in [-0.2, 0) is 0 Å². The molecule has 15 heavy (non-hydrogen) atoms. The van der Waals surface area contributed by atoms with E-state index in [1.165, 1.54) is 18.2 Å². The minimum atomic E-state index is -4.72. The zero-order valence-corrected chi connectivity index (χ0v) is 8.84. The standard InChI is InChI=1S/C9H5BrF3NO/c10-8(5-14)6-2-1-3-7(4-6)15-9(11,12)13/h1-4,8H. The van der Waals surface area contributed by atoms with Crippen LogP contribution in [0.1, 0.15) is 10.4 Å². The van der Waals surface area contributed by atoms with Gasteiger partial charge in [-0.2, -0.15) is 5.26 Å². The summed E-state index contributed by atoms with van der Waals surface area (Å²) in [5.74, 6) is -0.334. The highest BCUT2D eigenvalue weighted by Crippen LogP contribution is 2.28. The SMILES string of the molecule is N#CC(Br)c1cccc(OC(F)(F)F)c1. The molecule has 0 fully saturated rings. The Bertz CT molecular complexity index is 386. The van der Waals surface area contributed by atoms with E-state index < -0.39 is 11.2 Å². The van der Waals surface area contributed by atoms with Gasteiger partial charge in [0, 0.05) is 0 Å². The van der Waals surface area contributed by atoms with Crippen molar-refractivity contribution in [3.63, 3.8) is 0 Å². The van der Waals surface area contributed by atoms with E-state index in [1.807, 2.05) is 6.07 Å². The molecule has 1 atom stereocenters. The molecule has 0 bridgehead atoms. The molecule has 0 amide bonds. The van der Waals surface area contributed by atoms with Crippen LogP contribution in [0.4, 0.5) is 13.2 Å². The number of nitrogens with zero attached hydrogens (tertiary/aromatic N) is 1. The number of hydrogen-bond acceptors (Lipinski definition) is 2. The first-order chi connectivity index (χ1) is 6.92. The molecule has 0 heterocycles. The molecule has 1 unspecified atom stereocenters. The second kappa shape index (κ2) is 4.53. The number of halogens is 4. The van der Waals surface area contributed by atoms with Crippen LogP contribution in [-0.4, -0.2) is 6.36 Å². The van der Waals surface area contributed by atoms with Crippen molar-refractivity contribution in [2.24, 2.45) is 0 Å². The summed E-state index contributed by atoms with van der Waals surface area (Å²) < 4.78 is 39.3. The lowest BCUT2D eigenvalue weighted by atomic mass is 10.1. The van der Waals surface area contributed by atoms with Crippen LogP contribution in [0.2, 0.25) is 0 Å². The van der Waals surface area contributed by atoms with Crippen LogP contribution in [0.25, 0.3) is 0 Å². The molecule has 6 heteroatoms. The molecule has 0 radical (unpaired) electrons. The van der Waals surface area contributed by atoms with Gasteiger partial charge in [-0.1, -0.05) is 28.1 Å². The molecular weight excluding hydrogens is 275 g/mol. The Hall–Kier alpha value is -1.22. The molecule has 0 aliphatic carbocycles. The molecule has 0 aliphatic heterocycles. The second-order valence-electron chi connectivity index (χ2n) is 2.61. The molecule has 0 saturated heterocycles. The van der Waals surface area contributed by atoms with Gasteiger partial charge in [0.2, 0.25) is 0 Å². The summed E-state index contributed by atoms with van der Waals surface area (Å²) in [4.78, 5) is -0.644. The van der Waals surface area contributed by atoms with Gasteiger partial charge < -0.3 is 4.74 Å². The number of ether oxygens (including phenoxy) is 1. The summed E-state index contributed by atoms with van der Waals surface area (Å²) >= 11 is 3.00. The summed E-state index contributed by atoms with van der Waals surface area (Å²) in [5, 5.41) is 8.55. The summed E-state index contributed by atoms with van der Waals surface area (Å²) in [7, 11) is 0. The van der Waals surface area contributed by atoms with Crippen molar-refractivity contribution >= 4 is 15.9 Å². The lowest BCUT2D eigenvalue weighted by Gasteiger charge is -2.10. The Balaban J connectivity index is 2.89. The van der Waals surface area contributed by atoms with Crippen molar-refractivity contribution in [3.8, 4) is 11.8 Å². The van der Waals surface area contributed by atoms with E-state index in [4.69, 9.17) is 5.26 Å². The van der Waals surface area contributed by atoms with Gasteiger partial charge in [0.1, 0.15) is 10.6 Å². The number of benzene rings is 1. The fourth-order valence-corrected chi connectivity index (χ4v) is 1.23. The molecule has 0 saturated carbocycles. The van der Waals surface area contributed by atoms with E-state index in [2.05, 4.69) is 20.7 Å². The summed E-state index contributed by atoms with van der Waals surface area (Å²) in [6.45, 7) is 0. The molecule has 0 N–H and O–H groups in total. The molecule has 1 aromatic rings. The molecule has 1 rings (SSSR count). The first-order valence-corrected chi connectivity index (χ1v) is 4.73. The average Bonchev–Trinajstić information content (AvgIpc) is 2.14. The molecule has 2 nitrogen and oxygen atoms in total. The van der Waals surface area contributed by atoms with E-state index in [-0.39, 0.29) is 5.75 Å². The smallest absolute Gasteiger partial charge is 0.406 e. The predicted molar refractivity (Wildman–Crippen MR) is 50.4 cm³/mol. The molecule has 0 aromatic heterocycles. The van der Waals surface area contributed by atoms with Crippen LogP contribution in [0.3, 0.4) is 0 Å². The van der Waals surface area contributed by atoms with Crippen molar-refractivity contribution in [1.82, 2.24) is 0 Å². The number of rotatable bonds is 2. The lowest BCUT2D eigenvalue weighted by molar-refractivity contribution is -0.274. The van der Waals surface area contributed by atoms with Gasteiger partial charge >= 0.3 is 6.36 Å². The molecule has 0 spiro atoms. The van der Waals surface area contributed by atoms with Gasteiger partial charge in [-0.25, -0.2) is 0 Å². The zero-order chi connectivity index (χ0) is 11.5. The number of hydrogen-bond donors (Lipinski definition) is 0. The van der Waals surface area contributed by atoms with Gasteiger partial charge in [0.25, 0.3) is 0 Å². The maximum Gasteiger partial charge on any atom is 0.573 e. The van der Waals surface area contributed by atoms with Crippen molar-refractivity contribution in [2.75, 3.05) is 0 Å². The first-order valence-electron chi connectivity index (χ1n) is 3.82. The summed E-state index contributed by atoms with van der Waals surface area (Å²) in [6, 6.07) is 7.11. The van der Waals surface area contributed by atoms with Gasteiger partial charge in [-0.05, 0) is 17.7 Å². The van der Waals surface area contributed by atoms with Gasteiger partial charge in [0.15, 0.2) is 0 Å². The predicted octanol–water partition coefficient (Wildman–Crippen LogP) is 3.54. The third-order valence-electron chi connectivity index (χ3n) is 1.50. The fourth-order valence-electron chi connectivity index (χ4n) is 0.944. The highest BCUT2D eigenvalue weighted by molar-refractivity contribution is 9.09. The summed E-state index contributed by atoms with van der Waals surface area (Å²) in [6.07, 6.45) is -4.72. The highest BCUT2D eigenvalue weighted by Gasteiger charge is 2.31. The quantitative estimate of drug-likeness (QED) is 0.776. The Morgan fingerprint density at radius 1 is 1.40 bits per heavy atom. The Morgan fingerprint density at radius 2 is 2.07 bits per heavy atom. The van der Waals surface area contributed by atoms with Crippen molar-refractivity contribution in [3.05, 3.63) is 29.8 Å². The van der Waals surface area contributed by atoms with E-state index in [0.717, 1.165) is 6.07 Å². The van der Waals surface area contributed by atoms with Crippen LogP contribution >= 0.6 is 15.9 Å². The average molecular weight is 280 g/mol. The third-order valence-corrected chi connectivity index (χ3v) is 2.23. The first kappa shape index (κ1) is 11.9. The van der Waals surface area contributed by atoms with Crippen molar-refractivity contribution < 1.29 is 17.9 Å². The van der Waals surface area contributed by atoms with Gasteiger partial charge in [0.05, 0.1) is 6.07 Å². The Morgan fingerprint density at radius 3 is 2.60 bits per heavy atom. The van der Waals surface area contributed by atoms with E-state index >= 15 is 0 Å². The summed E-state index contributed by atoms with van der Waals surface area (Å²) in [5.41, 5.74) is 0.416. The molecule has 1 aromatic carbocycles. The van der Waals surface area contributed by atoms with Crippen molar-refractivity contribution in [2.45, 2.75) is 11.2 Å². The lowest BCUT2D eigenvalue weighted by Crippen LogP contribution is -2.17. The van der Waals surface area contributed by atoms with Crippen LogP contribution in [0, 0.1) is 11.3 Å². The molecular formula is C9H5BrF3NO. The fraction of sp³-hybridized carbons (Fsp3) is 0.222. The van der Waals surface area contributed by atoms with Gasteiger partial charge in [-0.15, -0.1) is 13.2 Å². The maximum absolute atomic E-state index is 11.9. The van der Waals surface area contributed by atoms with Gasteiger partial charge in [-0.3, -0.25) is 0 Å². The highest BCUT2D eigenvalue weighted by atomic mass is 79.9. The number of alkyl halides is 4. The normalized spacial score (nSPS) is 13.0. The monoisotopic (exact) mass is 279 g/mol. The molecule has 0 aliphatic rings. The second-order valence-corrected chi connectivity index (χ2v) is 3.53. The topological polar surface area (TPSA) is 33.0 Å². The van der Waals surface area contributed by atoms with Crippen LogP contribution in [0.15, 0.2) is 24.3 Å². The van der Waals surface area contributed by atoms with Crippen molar-refractivity contribution in [1.29, 1.82) is 5.26 Å². The Labute approximate surface area is 92.4 Å². The number of nitriles is 1. The maximum atomic E-state index is 11.9. The van der Waals surface area contributed by atoms with Crippen LogP contribution in [0.5, 0.6) is 5.75 Å². The van der Waals surface area contributed by atoms with E-state index in [9.17, 15) is 13.2 Å². The van der Waals surface area contributed by atoms with Crippen LogP contribution < -0.4 is 4.74 Å². The molecule has 80 valence electrons. The van der Waals surface area contributed by atoms with E-state index in [1.54, 1.807) is 0 Å². The minimum absolute atomic E-state index is 0.334. The minimum Gasteiger partial charge on any atom is -0.406 e. The zero-order valence-electron chi connectivity index (χ0n) is 7.25. The third kappa shape index (κ3) is 3.80. The Kier molecular flexibility index (Phi) is 3.58. The largest absolute Gasteiger partial charge is 0.573 e.